The van der Waals surface area contributed by atoms with Crippen LogP contribution in [0.1, 0.15) is 24.9 Å². The molecular formula is C19H19BrN2O3. The van der Waals surface area contributed by atoms with Crippen LogP contribution in [0.15, 0.2) is 53.0 Å². The normalized spacial score (nSPS) is 14.5. The number of amides is 2. The van der Waals surface area contributed by atoms with Crippen molar-refractivity contribution >= 4 is 33.4 Å². The van der Waals surface area contributed by atoms with E-state index >= 15 is 0 Å². The van der Waals surface area contributed by atoms with Crippen molar-refractivity contribution in [2.45, 2.75) is 19.4 Å². The topological polar surface area (TPSA) is 58.6 Å². The van der Waals surface area contributed by atoms with E-state index in [1.165, 1.54) is 0 Å². The van der Waals surface area contributed by atoms with E-state index in [1.807, 2.05) is 55.5 Å². The molecule has 0 saturated carbocycles. The number of para-hydroxylation sites is 2. The van der Waals surface area contributed by atoms with Crippen molar-refractivity contribution < 1.29 is 14.3 Å². The number of hydrogen-bond acceptors (Lipinski definition) is 3. The molecule has 0 unspecified atom stereocenters. The summed E-state index contributed by atoms with van der Waals surface area (Å²) in [6.07, 6.45) is 0.231. The summed E-state index contributed by atoms with van der Waals surface area (Å²) in [6, 6.07) is 15.0. The van der Waals surface area contributed by atoms with E-state index < -0.39 is 0 Å². The van der Waals surface area contributed by atoms with Crippen molar-refractivity contribution in [1.82, 2.24) is 5.32 Å². The van der Waals surface area contributed by atoms with E-state index in [0.717, 1.165) is 10.0 Å². The molecule has 25 heavy (non-hydrogen) atoms. The average molecular weight is 403 g/mol. The number of hydrogen-bond donors (Lipinski definition) is 1. The highest BCUT2D eigenvalue weighted by atomic mass is 79.9. The Balaban J connectivity index is 1.61. The second-order valence-corrected chi connectivity index (χ2v) is 6.72. The van der Waals surface area contributed by atoms with Gasteiger partial charge in [-0.25, -0.2) is 0 Å². The fraction of sp³-hybridized carbons (Fsp3) is 0.263. The standard InChI is InChI=1S/C19H19BrN2O3/c1-13(14-6-2-3-7-15(14)20)21-18(23)10-11-22-16-8-4-5-9-17(16)25-12-19(22)24/h2-9,13H,10-12H2,1H3,(H,21,23)/t13-/m0/s1. The summed E-state index contributed by atoms with van der Waals surface area (Å²) in [6.45, 7) is 2.27. The second-order valence-electron chi connectivity index (χ2n) is 5.86. The molecule has 1 aliphatic heterocycles. The molecule has 0 spiro atoms. The van der Waals surface area contributed by atoms with Gasteiger partial charge >= 0.3 is 0 Å². The van der Waals surface area contributed by atoms with Gasteiger partial charge in [0.1, 0.15) is 5.75 Å². The number of fused-ring (bicyclic) bond motifs is 1. The smallest absolute Gasteiger partial charge is 0.265 e. The maximum atomic E-state index is 12.3. The highest BCUT2D eigenvalue weighted by Crippen LogP contribution is 2.31. The van der Waals surface area contributed by atoms with E-state index in [1.54, 1.807) is 4.90 Å². The third-order valence-corrected chi connectivity index (χ3v) is 4.84. The van der Waals surface area contributed by atoms with Crippen LogP contribution in [0.5, 0.6) is 5.75 Å². The van der Waals surface area contributed by atoms with Crippen LogP contribution in [0.2, 0.25) is 0 Å². The lowest BCUT2D eigenvalue weighted by molar-refractivity contribution is -0.122. The Morgan fingerprint density at radius 2 is 1.96 bits per heavy atom. The van der Waals surface area contributed by atoms with Crippen molar-refractivity contribution in [3.63, 3.8) is 0 Å². The zero-order valence-electron chi connectivity index (χ0n) is 13.9. The Bertz CT molecular complexity index is 794. The van der Waals surface area contributed by atoms with Crippen LogP contribution in [0.4, 0.5) is 5.69 Å². The van der Waals surface area contributed by atoms with Gasteiger partial charge in [-0.05, 0) is 30.7 Å². The van der Waals surface area contributed by atoms with Crippen LogP contribution < -0.4 is 15.0 Å². The maximum Gasteiger partial charge on any atom is 0.265 e. The molecule has 130 valence electrons. The first-order chi connectivity index (χ1) is 12.1. The zero-order valence-corrected chi connectivity index (χ0v) is 15.5. The second kappa shape index (κ2) is 7.70. The summed E-state index contributed by atoms with van der Waals surface area (Å²) in [7, 11) is 0. The van der Waals surface area contributed by atoms with Gasteiger partial charge in [-0.3, -0.25) is 9.59 Å². The lowest BCUT2D eigenvalue weighted by Gasteiger charge is -2.29. The third-order valence-electron chi connectivity index (χ3n) is 4.12. The van der Waals surface area contributed by atoms with Crippen molar-refractivity contribution in [1.29, 1.82) is 0 Å². The molecular weight excluding hydrogens is 384 g/mol. The fourth-order valence-corrected chi connectivity index (χ4v) is 3.46. The van der Waals surface area contributed by atoms with Gasteiger partial charge in [0.25, 0.3) is 5.91 Å². The summed E-state index contributed by atoms with van der Waals surface area (Å²) < 4.78 is 6.37. The monoisotopic (exact) mass is 402 g/mol. The zero-order chi connectivity index (χ0) is 17.8. The van der Waals surface area contributed by atoms with Crippen LogP contribution in [0.3, 0.4) is 0 Å². The molecule has 0 bridgehead atoms. The van der Waals surface area contributed by atoms with Gasteiger partial charge in [-0.2, -0.15) is 0 Å². The Morgan fingerprint density at radius 1 is 1.24 bits per heavy atom. The molecule has 1 heterocycles. The first-order valence-corrected chi connectivity index (χ1v) is 8.91. The summed E-state index contributed by atoms with van der Waals surface area (Å²) in [5.74, 6) is 0.439. The fourth-order valence-electron chi connectivity index (χ4n) is 2.83. The van der Waals surface area contributed by atoms with Gasteiger partial charge in [-0.1, -0.05) is 46.3 Å². The molecule has 3 rings (SSSR count). The molecule has 6 heteroatoms. The Hall–Kier alpha value is -2.34. The number of nitrogens with zero attached hydrogens (tertiary/aromatic N) is 1. The number of anilines is 1. The molecule has 2 aromatic rings. The average Bonchev–Trinajstić information content (AvgIpc) is 2.61. The summed E-state index contributed by atoms with van der Waals surface area (Å²) >= 11 is 3.50. The minimum absolute atomic E-state index is 0.00595. The number of halogens is 1. The molecule has 2 amide bonds. The first-order valence-electron chi connectivity index (χ1n) is 8.12. The van der Waals surface area contributed by atoms with Crippen molar-refractivity contribution in [3.05, 3.63) is 58.6 Å². The van der Waals surface area contributed by atoms with Crippen molar-refractivity contribution in [2.24, 2.45) is 0 Å². The van der Waals surface area contributed by atoms with Gasteiger partial charge < -0.3 is 15.0 Å². The molecule has 0 saturated heterocycles. The Labute approximate surface area is 155 Å². The SMILES string of the molecule is C[C@H](NC(=O)CCN1C(=O)COc2ccccc21)c1ccccc1Br. The number of benzene rings is 2. The van der Waals surface area contributed by atoms with Gasteiger partial charge in [0, 0.05) is 17.4 Å². The molecule has 0 aromatic heterocycles. The van der Waals surface area contributed by atoms with Crippen LogP contribution >= 0.6 is 15.9 Å². The summed E-state index contributed by atoms with van der Waals surface area (Å²) in [5.41, 5.74) is 1.73. The number of carbonyl (C=O) groups excluding carboxylic acids is 2. The highest BCUT2D eigenvalue weighted by molar-refractivity contribution is 9.10. The van der Waals surface area contributed by atoms with E-state index in [2.05, 4.69) is 21.2 Å². The lowest BCUT2D eigenvalue weighted by Crippen LogP contribution is -2.41. The molecule has 5 nitrogen and oxygen atoms in total. The molecule has 0 fully saturated rings. The van der Waals surface area contributed by atoms with Crippen molar-refractivity contribution in [2.75, 3.05) is 18.1 Å². The van der Waals surface area contributed by atoms with E-state index in [4.69, 9.17) is 4.74 Å². The van der Waals surface area contributed by atoms with E-state index in [-0.39, 0.29) is 30.9 Å². The predicted octanol–water partition coefficient (Wildman–Crippen LogP) is 3.44. The number of ether oxygens (including phenoxy) is 1. The van der Waals surface area contributed by atoms with Gasteiger partial charge in [0.15, 0.2) is 6.61 Å². The minimum atomic E-state index is -0.134. The van der Waals surface area contributed by atoms with Crippen LogP contribution in [0.25, 0.3) is 0 Å². The largest absolute Gasteiger partial charge is 0.482 e. The lowest BCUT2D eigenvalue weighted by atomic mass is 10.1. The molecule has 1 N–H and O–H groups in total. The van der Waals surface area contributed by atoms with Gasteiger partial charge in [0.05, 0.1) is 11.7 Å². The van der Waals surface area contributed by atoms with Gasteiger partial charge in [0.2, 0.25) is 5.91 Å². The summed E-state index contributed by atoms with van der Waals surface area (Å²) in [4.78, 5) is 26.0. The molecule has 0 aliphatic carbocycles. The van der Waals surface area contributed by atoms with Crippen LogP contribution in [-0.2, 0) is 9.59 Å². The number of nitrogens with one attached hydrogen (secondary N) is 1. The molecule has 1 atom stereocenters. The van der Waals surface area contributed by atoms with Crippen LogP contribution in [0, 0.1) is 0 Å². The highest BCUT2D eigenvalue weighted by Gasteiger charge is 2.25. The van der Waals surface area contributed by atoms with Gasteiger partial charge in [-0.15, -0.1) is 0 Å². The number of rotatable bonds is 5. The quantitative estimate of drug-likeness (QED) is 0.832. The Morgan fingerprint density at radius 3 is 2.76 bits per heavy atom. The third kappa shape index (κ3) is 4.02. The maximum absolute atomic E-state index is 12.3. The minimum Gasteiger partial charge on any atom is -0.482 e. The molecule has 1 aliphatic rings. The predicted molar refractivity (Wildman–Crippen MR) is 99.6 cm³/mol. The van der Waals surface area contributed by atoms with Crippen molar-refractivity contribution in [3.8, 4) is 5.75 Å². The van der Waals surface area contributed by atoms with Crippen LogP contribution in [-0.4, -0.2) is 25.0 Å². The van der Waals surface area contributed by atoms with E-state index in [9.17, 15) is 9.59 Å². The molecule has 2 aromatic carbocycles. The molecule has 0 radical (unpaired) electrons. The number of carbonyl (C=O) groups is 2. The summed E-state index contributed by atoms with van der Waals surface area (Å²) in [5, 5.41) is 2.98. The Kier molecular flexibility index (Phi) is 5.38. The van der Waals surface area contributed by atoms with E-state index in [0.29, 0.717) is 18.0 Å². The first kappa shape index (κ1) is 17.5.